The van der Waals surface area contributed by atoms with Crippen molar-refractivity contribution in [2.24, 2.45) is 0 Å². The summed E-state index contributed by atoms with van der Waals surface area (Å²) >= 11 is 3.45. The van der Waals surface area contributed by atoms with Crippen molar-refractivity contribution in [3.63, 3.8) is 0 Å². The number of hydrogen-bond acceptors (Lipinski definition) is 3. The quantitative estimate of drug-likeness (QED) is 0.836. The summed E-state index contributed by atoms with van der Waals surface area (Å²) in [6.45, 7) is 11.1. The van der Waals surface area contributed by atoms with Gasteiger partial charge in [-0.15, -0.1) is 0 Å². The lowest BCUT2D eigenvalue weighted by Crippen LogP contribution is -2.44. The first-order chi connectivity index (χ1) is 10.3. The highest BCUT2D eigenvalue weighted by molar-refractivity contribution is 9.10. The van der Waals surface area contributed by atoms with E-state index in [0.717, 1.165) is 29.5 Å². The number of carbonyl (C=O) groups excluding carboxylic acids is 1. The van der Waals surface area contributed by atoms with E-state index in [2.05, 4.69) is 26.1 Å². The van der Waals surface area contributed by atoms with Gasteiger partial charge in [0.05, 0.1) is 13.2 Å². The maximum atomic E-state index is 10.7. The molecule has 0 spiro atoms. The predicted octanol–water partition coefficient (Wildman–Crippen LogP) is 3.58. The fourth-order valence-electron chi connectivity index (χ4n) is 1.99. The minimum absolute atomic E-state index is 0.0751. The zero-order valence-electron chi connectivity index (χ0n) is 13.4. The molecule has 1 amide bonds. The minimum atomic E-state index is -0.0751. The van der Waals surface area contributed by atoms with Crippen LogP contribution < -0.4 is 5.32 Å². The number of benzene rings is 1. The first-order valence-electron chi connectivity index (χ1n) is 7.58. The van der Waals surface area contributed by atoms with Crippen molar-refractivity contribution in [2.45, 2.75) is 33.9 Å². The molecular formula is C16H27BrN2O2. The van der Waals surface area contributed by atoms with Crippen LogP contribution >= 0.6 is 15.9 Å². The summed E-state index contributed by atoms with van der Waals surface area (Å²) in [4.78, 5) is 12.9. The fraction of sp³-hybridized carbons (Fsp3) is 0.562. The Balaban J connectivity index is 0.000000921. The summed E-state index contributed by atoms with van der Waals surface area (Å²) in [5.41, 5.74) is 1.08. The van der Waals surface area contributed by atoms with Crippen LogP contribution in [0.5, 0.6) is 0 Å². The van der Waals surface area contributed by atoms with Crippen molar-refractivity contribution < 1.29 is 9.53 Å². The number of morpholine rings is 1. The highest BCUT2D eigenvalue weighted by Crippen LogP contribution is 2.21. The molecule has 1 heterocycles. The molecule has 0 bridgehead atoms. The number of nitrogens with one attached hydrogen (secondary N) is 1. The summed E-state index contributed by atoms with van der Waals surface area (Å²) < 4.78 is 6.34. The second-order valence-electron chi connectivity index (χ2n) is 3.89. The van der Waals surface area contributed by atoms with Crippen molar-refractivity contribution in [3.8, 4) is 0 Å². The highest BCUT2D eigenvalue weighted by Gasteiger charge is 2.21. The average molecular weight is 359 g/mol. The third-order valence-electron chi connectivity index (χ3n) is 2.80. The zero-order valence-corrected chi connectivity index (χ0v) is 15.0. The first-order valence-corrected chi connectivity index (χ1v) is 8.37. The van der Waals surface area contributed by atoms with Gasteiger partial charge in [0.1, 0.15) is 6.17 Å². The molecule has 1 aromatic carbocycles. The van der Waals surface area contributed by atoms with Gasteiger partial charge < -0.3 is 10.1 Å². The predicted molar refractivity (Wildman–Crippen MR) is 91.2 cm³/mol. The number of nitrogens with zero attached hydrogens (tertiary/aromatic N) is 1. The standard InChI is InChI=1S/C12H15BrN2O2.2C2H6/c13-11-3-1-2-10(8-11)12(14-9-16)15-4-6-17-7-5-15;2*1-2/h1-3,8-9,12H,4-7H2,(H,14,16);2*1-2H3. The largest absolute Gasteiger partial charge is 0.379 e. The Labute approximate surface area is 137 Å². The van der Waals surface area contributed by atoms with Crippen LogP contribution in [0.2, 0.25) is 0 Å². The Bertz CT molecular complexity index is 382. The summed E-state index contributed by atoms with van der Waals surface area (Å²) in [6, 6.07) is 7.98. The number of carbonyl (C=O) groups is 1. The van der Waals surface area contributed by atoms with Gasteiger partial charge in [0.2, 0.25) is 6.41 Å². The lowest BCUT2D eigenvalue weighted by Gasteiger charge is -2.34. The molecule has 1 unspecified atom stereocenters. The molecule has 1 saturated heterocycles. The molecule has 4 nitrogen and oxygen atoms in total. The molecule has 21 heavy (non-hydrogen) atoms. The molecule has 1 aromatic rings. The molecule has 5 heteroatoms. The Morgan fingerprint density at radius 1 is 1.24 bits per heavy atom. The SMILES string of the molecule is CC.CC.O=CNC(c1cccc(Br)c1)N1CCOCC1. The van der Waals surface area contributed by atoms with Crippen LogP contribution in [0.4, 0.5) is 0 Å². The van der Waals surface area contributed by atoms with Crippen LogP contribution in [0.3, 0.4) is 0 Å². The fourth-order valence-corrected chi connectivity index (χ4v) is 2.41. The summed E-state index contributed by atoms with van der Waals surface area (Å²) in [7, 11) is 0. The molecule has 1 fully saturated rings. The average Bonchev–Trinajstić information content (AvgIpc) is 2.57. The molecule has 0 radical (unpaired) electrons. The van der Waals surface area contributed by atoms with E-state index < -0.39 is 0 Å². The first kappa shape index (κ1) is 20.1. The number of ether oxygens (including phenoxy) is 1. The van der Waals surface area contributed by atoms with E-state index in [9.17, 15) is 4.79 Å². The molecule has 1 aliphatic rings. The lowest BCUT2D eigenvalue weighted by atomic mass is 10.1. The maximum absolute atomic E-state index is 10.7. The Morgan fingerprint density at radius 3 is 2.38 bits per heavy atom. The Morgan fingerprint density at radius 2 is 1.86 bits per heavy atom. The van der Waals surface area contributed by atoms with E-state index in [-0.39, 0.29) is 6.17 Å². The smallest absolute Gasteiger partial charge is 0.208 e. The van der Waals surface area contributed by atoms with E-state index in [0.29, 0.717) is 13.2 Å². The van der Waals surface area contributed by atoms with E-state index in [1.807, 2.05) is 52.0 Å². The number of halogens is 1. The molecule has 0 aromatic heterocycles. The Hall–Kier alpha value is -0.910. The molecule has 2 rings (SSSR count). The van der Waals surface area contributed by atoms with Crippen LogP contribution in [0.25, 0.3) is 0 Å². The maximum Gasteiger partial charge on any atom is 0.208 e. The zero-order chi connectivity index (χ0) is 16.1. The topological polar surface area (TPSA) is 41.6 Å². The van der Waals surface area contributed by atoms with Crippen LogP contribution in [0, 0.1) is 0 Å². The van der Waals surface area contributed by atoms with Crippen LogP contribution in [-0.2, 0) is 9.53 Å². The third kappa shape index (κ3) is 7.07. The van der Waals surface area contributed by atoms with E-state index in [4.69, 9.17) is 4.74 Å². The third-order valence-corrected chi connectivity index (χ3v) is 3.29. The molecular weight excluding hydrogens is 332 g/mol. The summed E-state index contributed by atoms with van der Waals surface area (Å²) in [6.07, 6.45) is 0.676. The second-order valence-corrected chi connectivity index (χ2v) is 4.81. The monoisotopic (exact) mass is 358 g/mol. The van der Waals surface area contributed by atoms with Crippen molar-refractivity contribution >= 4 is 22.3 Å². The molecule has 120 valence electrons. The molecule has 1 atom stereocenters. The van der Waals surface area contributed by atoms with Crippen LogP contribution in [-0.4, -0.2) is 37.6 Å². The van der Waals surface area contributed by atoms with Crippen molar-refractivity contribution in [2.75, 3.05) is 26.3 Å². The van der Waals surface area contributed by atoms with Crippen molar-refractivity contribution in [1.82, 2.24) is 10.2 Å². The van der Waals surface area contributed by atoms with Gasteiger partial charge in [0.15, 0.2) is 0 Å². The van der Waals surface area contributed by atoms with Gasteiger partial charge in [-0.2, -0.15) is 0 Å². The molecule has 1 aliphatic heterocycles. The van der Waals surface area contributed by atoms with Gasteiger partial charge in [-0.3, -0.25) is 9.69 Å². The van der Waals surface area contributed by atoms with Gasteiger partial charge in [-0.05, 0) is 17.7 Å². The normalized spacial score (nSPS) is 15.7. The summed E-state index contributed by atoms with van der Waals surface area (Å²) in [5.74, 6) is 0. The minimum Gasteiger partial charge on any atom is -0.379 e. The van der Waals surface area contributed by atoms with E-state index in [1.165, 1.54) is 0 Å². The molecule has 1 N–H and O–H groups in total. The number of rotatable bonds is 4. The van der Waals surface area contributed by atoms with Crippen molar-refractivity contribution in [1.29, 1.82) is 0 Å². The number of hydrogen-bond donors (Lipinski definition) is 1. The van der Waals surface area contributed by atoms with Crippen LogP contribution in [0.15, 0.2) is 28.7 Å². The molecule has 0 saturated carbocycles. The number of amides is 1. The van der Waals surface area contributed by atoms with E-state index in [1.54, 1.807) is 0 Å². The molecule has 0 aliphatic carbocycles. The van der Waals surface area contributed by atoms with Gasteiger partial charge >= 0.3 is 0 Å². The van der Waals surface area contributed by atoms with Crippen LogP contribution in [0.1, 0.15) is 39.4 Å². The van der Waals surface area contributed by atoms with E-state index >= 15 is 0 Å². The summed E-state index contributed by atoms with van der Waals surface area (Å²) in [5, 5.41) is 2.86. The second kappa shape index (κ2) is 12.8. The highest BCUT2D eigenvalue weighted by atomic mass is 79.9. The Kier molecular flexibility index (Phi) is 12.2. The van der Waals surface area contributed by atoms with Gasteiger partial charge in [0.25, 0.3) is 0 Å². The van der Waals surface area contributed by atoms with Crippen molar-refractivity contribution in [3.05, 3.63) is 34.3 Å². The van der Waals surface area contributed by atoms with Gasteiger partial charge in [-0.25, -0.2) is 0 Å². The van der Waals surface area contributed by atoms with Gasteiger partial charge in [0, 0.05) is 17.6 Å². The van der Waals surface area contributed by atoms with Gasteiger partial charge in [-0.1, -0.05) is 55.8 Å². The lowest BCUT2D eigenvalue weighted by molar-refractivity contribution is -0.112.